The Labute approximate surface area is 189 Å². The summed E-state index contributed by atoms with van der Waals surface area (Å²) in [4.78, 5) is 4.67. The van der Waals surface area contributed by atoms with E-state index in [0.29, 0.717) is 31.5 Å². The summed E-state index contributed by atoms with van der Waals surface area (Å²) in [6.45, 7) is 1.32. The van der Waals surface area contributed by atoms with Crippen LogP contribution in [0.3, 0.4) is 0 Å². The molecule has 0 saturated heterocycles. The number of hydrogen-bond donors (Lipinski definition) is 1. The summed E-state index contributed by atoms with van der Waals surface area (Å²) >= 11 is 0. The lowest BCUT2D eigenvalue weighted by Gasteiger charge is -2.15. The van der Waals surface area contributed by atoms with Gasteiger partial charge in [-0.1, -0.05) is 84.9 Å². The summed E-state index contributed by atoms with van der Waals surface area (Å²) in [5, 5.41) is 0. The lowest BCUT2D eigenvalue weighted by atomic mass is 10.0. The standard InChI is InChI=1S/C26H24N2O2.ClH/c27-17-22-13-7-8-14-23(22)24-15-16-25(29-18-20-9-3-1-4-10-20)28-26(24)30-19-21-11-5-2-6-12-21;/h1-16H,17-19,27H2;1H. The highest BCUT2D eigenvalue weighted by Gasteiger charge is 2.13. The van der Waals surface area contributed by atoms with Crippen molar-refractivity contribution in [2.24, 2.45) is 5.73 Å². The SMILES string of the molecule is Cl.NCc1ccccc1-c1ccc(OCc2ccccc2)nc1OCc1ccccc1. The third-order valence-corrected chi connectivity index (χ3v) is 4.81. The Morgan fingerprint density at radius 1 is 0.613 bits per heavy atom. The average molecular weight is 433 g/mol. The van der Waals surface area contributed by atoms with E-state index in [9.17, 15) is 0 Å². The Morgan fingerprint density at radius 2 is 1.19 bits per heavy atom. The minimum absolute atomic E-state index is 0. The molecule has 0 aliphatic heterocycles. The van der Waals surface area contributed by atoms with E-state index in [4.69, 9.17) is 15.2 Å². The summed E-state index contributed by atoms with van der Waals surface area (Å²) in [6.07, 6.45) is 0. The molecule has 4 nitrogen and oxygen atoms in total. The smallest absolute Gasteiger partial charge is 0.225 e. The van der Waals surface area contributed by atoms with Crippen molar-refractivity contribution in [1.29, 1.82) is 0 Å². The Bertz CT molecular complexity index is 1090. The first-order valence-corrected chi connectivity index (χ1v) is 9.96. The van der Waals surface area contributed by atoms with Crippen molar-refractivity contribution in [2.45, 2.75) is 19.8 Å². The van der Waals surface area contributed by atoms with E-state index < -0.39 is 0 Å². The second-order valence-corrected chi connectivity index (χ2v) is 6.91. The lowest BCUT2D eigenvalue weighted by molar-refractivity contribution is 0.268. The van der Waals surface area contributed by atoms with Crippen LogP contribution in [0.15, 0.2) is 97.1 Å². The van der Waals surface area contributed by atoms with Gasteiger partial charge in [0.05, 0.1) is 0 Å². The van der Waals surface area contributed by atoms with Crippen LogP contribution in [0.1, 0.15) is 16.7 Å². The summed E-state index contributed by atoms with van der Waals surface area (Å²) in [6, 6.07) is 32.0. The number of ether oxygens (including phenoxy) is 2. The molecule has 0 radical (unpaired) electrons. The molecule has 4 rings (SSSR count). The van der Waals surface area contributed by atoms with Crippen molar-refractivity contribution in [3.63, 3.8) is 0 Å². The van der Waals surface area contributed by atoms with E-state index in [-0.39, 0.29) is 12.4 Å². The highest BCUT2D eigenvalue weighted by molar-refractivity contribution is 5.85. The number of nitrogens with zero attached hydrogens (tertiary/aromatic N) is 1. The maximum Gasteiger partial charge on any atom is 0.225 e. The largest absolute Gasteiger partial charge is 0.473 e. The molecular weight excluding hydrogens is 408 g/mol. The Kier molecular flexibility index (Phi) is 8.05. The number of nitrogens with two attached hydrogens (primary N) is 1. The fourth-order valence-electron chi connectivity index (χ4n) is 3.24. The molecule has 0 amide bonds. The van der Waals surface area contributed by atoms with Gasteiger partial charge in [0.2, 0.25) is 11.8 Å². The minimum Gasteiger partial charge on any atom is -0.473 e. The van der Waals surface area contributed by atoms with E-state index in [1.54, 1.807) is 0 Å². The number of hydrogen-bond acceptors (Lipinski definition) is 4. The van der Waals surface area contributed by atoms with Crippen LogP contribution in [0.25, 0.3) is 11.1 Å². The van der Waals surface area contributed by atoms with Gasteiger partial charge in [-0.25, -0.2) is 0 Å². The molecule has 2 N–H and O–H groups in total. The Morgan fingerprint density at radius 3 is 1.84 bits per heavy atom. The van der Waals surface area contributed by atoms with Gasteiger partial charge in [0.25, 0.3) is 0 Å². The zero-order chi connectivity index (χ0) is 20.6. The average Bonchev–Trinajstić information content (AvgIpc) is 2.83. The molecule has 0 bridgehead atoms. The number of benzene rings is 3. The van der Waals surface area contributed by atoms with Crippen LogP contribution in [0.4, 0.5) is 0 Å². The van der Waals surface area contributed by atoms with Crippen molar-refractivity contribution < 1.29 is 9.47 Å². The van der Waals surface area contributed by atoms with Gasteiger partial charge in [0.1, 0.15) is 13.2 Å². The first-order chi connectivity index (χ1) is 14.8. The molecule has 4 aromatic rings. The first-order valence-electron chi connectivity index (χ1n) is 9.96. The lowest BCUT2D eigenvalue weighted by Crippen LogP contribution is -2.04. The number of aromatic nitrogens is 1. The van der Waals surface area contributed by atoms with E-state index >= 15 is 0 Å². The molecule has 3 aromatic carbocycles. The zero-order valence-electron chi connectivity index (χ0n) is 17.1. The van der Waals surface area contributed by atoms with Gasteiger partial charge in [0, 0.05) is 18.2 Å². The molecule has 0 saturated carbocycles. The van der Waals surface area contributed by atoms with Gasteiger partial charge >= 0.3 is 0 Å². The highest BCUT2D eigenvalue weighted by atomic mass is 35.5. The molecule has 0 aliphatic rings. The quantitative estimate of drug-likeness (QED) is 0.383. The third kappa shape index (κ3) is 5.85. The van der Waals surface area contributed by atoms with Gasteiger partial charge in [-0.3, -0.25) is 0 Å². The van der Waals surface area contributed by atoms with E-state index in [1.807, 2.05) is 97.1 Å². The summed E-state index contributed by atoms with van der Waals surface area (Å²) in [5.41, 5.74) is 11.1. The molecule has 158 valence electrons. The van der Waals surface area contributed by atoms with Crippen LogP contribution in [-0.4, -0.2) is 4.98 Å². The van der Waals surface area contributed by atoms with E-state index in [1.165, 1.54) is 0 Å². The second kappa shape index (κ2) is 11.2. The van der Waals surface area contributed by atoms with Crippen LogP contribution in [0.5, 0.6) is 11.8 Å². The summed E-state index contributed by atoms with van der Waals surface area (Å²) in [5.74, 6) is 1.06. The molecular formula is C26H25ClN2O2. The molecule has 1 aromatic heterocycles. The first kappa shape index (κ1) is 22.3. The zero-order valence-corrected chi connectivity index (χ0v) is 17.9. The van der Waals surface area contributed by atoms with Crippen LogP contribution in [0, 0.1) is 0 Å². The predicted molar refractivity (Wildman–Crippen MR) is 126 cm³/mol. The Hall–Kier alpha value is -3.34. The fraction of sp³-hybridized carbons (Fsp3) is 0.115. The summed E-state index contributed by atoms with van der Waals surface area (Å²) < 4.78 is 12.1. The molecule has 0 fully saturated rings. The molecule has 1 heterocycles. The van der Waals surface area contributed by atoms with Gasteiger partial charge in [0.15, 0.2) is 0 Å². The molecule has 0 unspecified atom stereocenters. The molecule has 0 spiro atoms. The molecule has 0 atom stereocenters. The summed E-state index contributed by atoms with van der Waals surface area (Å²) in [7, 11) is 0. The predicted octanol–water partition coefficient (Wildman–Crippen LogP) is 5.79. The number of rotatable bonds is 8. The van der Waals surface area contributed by atoms with Crippen LogP contribution in [0.2, 0.25) is 0 Å². The van der Waals surface area contributed by atoms with E-state index in [0.717, 1.165) is 27.8 Å². The van der Waals surface area contributed by atoms with Crippen LogP contribution in [-0.2, 0) is 19.8 Å². The topological polar surface area (TPSA) is 57.4 Å². The maximum atomic E-state index is 6.14. The van der Waals surface area contributed by atoms with Gasteiger partial charge < -0.3 is 15.2 Å². The van der Waals surface area contributed by atoms with E-state index in [2.05, 4.69) is 4.98 Å². The van der Waals surface area contributed by atoms with Crippen molar-refractivity contribution in [2.75, 3.05) is 0 Å². The monoisotopic (exact) mass is 432 g/mol. The van der Waals surface area contributed by atoms with Crippen molar-refractivity contribution >= 4 is 12.4 Å². The molecule has 5 heteroatoms. The minimum atomic E-state index is 0. The number of pyridine rings is 1. The molecule has 31 heavy (non-hydrogen) atoms. The normalized spacial score (nSPS) is 10.2. The van der Waals surface area contributed by atoms with Gasteiger partial charge in [-0.2, -0.15) is 4.98 Å². The van der Waals surface area contributed by atoms with Crippen LogP contribution >= 0.6 is 12.4 Å². The van der Waals surface area contributed by atoms with Crippen LogP contribution < -0.4 is 15.2 Å². The van der Waals surface area contributed by atoms with Crippen molar-refractivity contribution in [3.05, 3.63) is 114 Å². The van der Waals surface area contributed by atoms with Crippen molar-refractivity contribution in [3.8, 4) is 22.9 Å². The second-order valence-electron chi connectivity index (χ2n) is 6.91. The maximum absolute atomic E-state index is 6.14. The third-order valence-electron chi connectivity index (χ3n) is 4.81. The molecule has 0 aliphatic carbocycles. The van der Waals surface area contributed by atoms with Gasteiger partial charge in [-0.05, 0) is 28.3 Å². The number of halogens is 1. The Balaban J connectivity index is 0.00000272. The fourth-order valence-corrected chi connectivity index (χ4v) is 3.24. The van der Waals surface area contributed by atoms with Crippen molar-refractivity contribution in [1.82, 2.24) is 4.98 Å². The highest BCUT2D eigenvalue weighted by Crippen LogP contribution is 2.33. The van der Waals surface area contributed by atoms with Gasteiger partial charge in [-0.15, -0.1) is 12.4 Å².